The van der Waals surface area contributed by atoms with E-state index < -0.39 is 5.82 Å². The largest absolute Gasteiger partial charge is 0.265 e. The Bertz CT molecular complexity index is 169. The van der Waals surface area contributed by atoms with Crippen LogP contribution in [0.3, 0.4) is 0 Å². The van der Waals surface area contributed by atoms with Crippen LogP contribution in [0.1, 0.15) is 0 Å². The van der Waals surface area contributed by atoms with Crippen molar-refractivity contribution in [3.8, 4) is 0 Å². The van der Waals surface area contributed by atoms with Gasteiger partial charge in [-0.05, 0) is 11.5 Å². The Hall–Kier alpha value is -0.855. The molecule has 0 spiro atoms. The van der Waals surface area contributed by atoms with Crippen LogP contribution < -0.4 is 5.46 Å². The zero-order valence-electron chi connectivity index (χ0n) is 4.13. The third-order valence-corrected chi connectivity index (χ3v) is 0.796. The average molecular weight is 107 g/mol. The zero-order chi connectivity index (χ0) is 5.98. The molecule has 0 saturated heterocycles. The van der Waals surface area contributed by atoms with Crippen molar-refractivity contribution < 1.29 is 4.39 Å². The average Bonchev–Trinajstić information content (AvgIpc) is 1.77. The van der Waals surface area contributed by atoms with Gasteiger partial charge in [-0.15, -0.1) is 0 Å². The normalized spacial score (nSPS) is 9.12. The Morgan fingerprint density at radius 2 is 2.38 bits per heavy atom. The molecule has 3 heteroatoms. The lowest BCUT2D eigenvalue weighted by atomic mass is 9.99. The summed E-state index contributed by atoms with van der Waals surface area (Å²) in [6, 6.07) is 1.22. The van der Waals surface area contributed by atoms with Crippen molar-refractivity contribution >= 4 is 13.3 Å². The van der Waals surface area contributed by atoms with Gasteiger partial charge in [-0.2, -0.15) is 0 Å². The van der Waals surface area contributed by atoms with Crippen molar-refractivity contribution in [1.82, 2.24) is 4.98 Å². The zero-order valence-corrected chi connectivity index (χ0v) is 4.13. The van der Waals surface area contributed by atoms with Gasteiger partial charge in [0, 0.05) is 12.4 Å². The van der Waals surface area contributed by atoms with Crippen LogP contribution in [0.5, 0.6) is 0 Å². The Balaban J connectivity index is 3.13. The molecule has 1 aromatic heterocycles. The predicted octanol–water partition coefficient (Wildman–Crippen LogP) is 0.0145. The van der Waals surface area contributed by atoms with Gasteiger partial charge in [0.05, 0.1) is 0 Å². The van der Waals surface area contributed by atoms with Gasteiger partial charge in [0.1, 0.15) is 13.7 Å². The standard InChI is InChI=1S/C5H3BFN/c6-4-3-8-2-1-5(4)7/h1-3H. The molecule has 0 aliphatic carbocycles. The second-order valence-electron chi connectivity index (χ2n) is 1.40. The summed E-state index contributed by atoms with van der Waals surface area (Å²) in [6.45, 7) is 0. The Morgan fingerprint density at radius 3 is 2.75 bits per heavy atom. The third kappa shape index (κ3) is 0.859. The molecule has 0 saturated carbocycles. The Kier molecular flexibility index (Phi) is 1.28. The van der Waals surface area contributed by atoms with E-state index in [0.717, 1.165) is 0 Å². The first-order valence-corrected chi connectivity index (χ1v) is 2.15. The van der Waals surface area contributed by atoms with E-state index in [0.29, 0.717) is 0 Å². The molecular formula is C5H3BFN. The molecule has 0 unspecified atom stereocenters. The number of pyridine rings is 1. The first-order valence-electron chi connectivity index (χ1n) is 2.15. The minimum Gasteiger partial charge on any atom is -0.265 e. The summed E-state index contributed by atoms with van der Waals surface area (Å²) in [6.07, 6.45) is 2.63. The number of aromatic nitrogens is 1. The quantitative estimate of drug-likeness (QED) is 0.425. The highest BCUT2D eigenvalue weighted by molar-refractivity contribution is 6.32. The highest BCUT2D eigenvalue weighted by Crippen LogP contribution is 1.84. The van der Waals surface area contributed by atoms with E-state index in [1.807, 2.05) is 0 Å². The summed E-state index contributed by atoms with van der Waals surface area (Å²) in [4.78, 5) is 3.58. The molecule has 1 aromatic rings. The summed E-state index contributed by atoms with van der Waals surface area (Å²) >= 11 is 0. The fraction of sp³-hybridized carbons (Fsp3) is 0. The second kappa shape index (κ2) is 1.94. The van der Waals surface area contributed by atoms with Crippen LogP contribution in [-0.2, 0) is 0 Å². The smallest absolute Gasteiger partial charge is 0.120 e. The van der Waals surface area contributed by atoms with Gasteiger partial charge in [0.2, 0.25) is 0 Å². The fourth-order valence-corrected chi connectivity index (χ4v) is 0.390. The van der Waals surface area contributed by atoms with E-state index >= 15 is 0 Å². The molecule has 0 amide bonds. The topological polar surface area (TPSA) is 12.9 Å². The first-order chi connectivity index (χ1) is 3.80. The maximum Gasteiger partial charge on any atom is 0.120 e. The monoisotopic (exact) mass is 107 g/mol. The molecule has 0 fully saturated rings. The van der Waals surface area contributed by atoms with Crippen LogP contribution in [0.15, 0.2) is 18.5 Å². The maximum absolute atomic E-state index is 12.2. The van der Waals surface area contributed by atoms with Crippen molar-refractivity contribution in [2.45, 2.75) is 0 Å². The number of hydrogen-bond donors (Lipinski definition) is 0. The lowest BCUT2D eigenvalue weighted by Crippen LogP contribution is -2.07. The Labute approximate surface area is 48.0 Å². The summed E-state index contributed by atoms with van der Waals surface area (Å²) in [5.41, 5.74) is 0.0903. The van der Waals surface area contributed by atoms with E-state index in [2.05, 4.69) is 4.98 Å². The van der Waals surface area contributed by atoms with E-state index in [9.17, 15) is 4.39 Å². The fourth-order valence-electron chi connectivity index (χ4n) is 0.390. The van der Waals surface area contributed by atoms with E-state index in [1.165, 1.54) is 18.5 Å². The Morgan fingerprint density at radius 1 is 1.62 bits per heavy atom. The first kappa shape index (κ1) is 5.28. The maximum atomic E-state index is 12.2. The molecule has 1 nitrogen and oxygen atoms in total. The predicted molar refractivity (Wildman–Crippen MR) is 29.6 cm³/mol. The minimum absolute atomic E-state index is 0.0903. The van der Waals surface area contributed by atoms with Crippen molar-refractivity contribution in [3.63, 3.8) is 0 Å². The number of rotatable bonds is 0. The van der Waals surface area contributed by atoms with E-state index in [-0.39, 0.29) is 5.46 Å². The van der Waals surface area contributed by atoms with Crippen LogP contribution in [0.2, 0.25) is 0 Å². The molecule has 1 rings (SSSR count). The third-order valence-electron chi connectivity index (χ3n) is 0.796. The van der Waals surface area contributed by atoms with Crippen LogP contribution in [0.4, 0.5) is 4.39 Å². The molecule has 8 heavy (non-hydrogen) atoms. The minimum atomic E-state index is -0.417. The van der Waals surface area contributed by atoms with Crippen molar-refractivity contribution in [1.29, 1.82) is 0 Å². The number of nitrogens with zero attached hydrogens (tertiary/aromatic N) is 1. The van der Waals surface area contributed by atoms with Gasteiger partial charge in [-0.25, -0.2) is 4.39 Å². The molecule has 1 heterocycles. The van der Waals surface area contributed by atoms with Crippen LogP contribution >= 0.6 is 0 Å². The molecule has 0 N–H and O–H groups in total. The SMILES string of the molecule is [B]c1cnccc1F. The molecular weight excluding hydrogens is 104 g/mol. The summed E-state index contributed by atoms with van der Waals surface area (Å²) < 4.78 is 12.2. The van der Waals surface area contributed by atoms with Gasteiger partial charge in [-0.1, -0.05) is 0 Å². The van der Waals surface area contributed by atoms with Gasteiger partial charge < -0.3 is 0 Å². The molecule has 0 bridgehead atoms. The van der Waals surface area contributed by atoms with Crippen molar-refractivity contribution in [2.24, 2.45) is 0 Å². The van der Waals surface area contributed by atoms with Crippen LogP contribution in [0, 0.1) is 5.82 Å². The molecule has 0 aliphatic heterocycles. The number of hydrogen-bond acceptors (Lipinski definition) is 1. The van der Waals surface area contributed by atoms with Crippen molar-refractivity contribution in [3.05, 3.63) is 24.3 Å². The van der Waals surface area contributed by atoms with E-state index in [4.69, 9.17) is 7.85 Å². The molecule has 0 atom stereocenters. The summed E-state index contributed by atoms with van der Waals surface area (Å²) in [7, 11) is 5.08. The summed E-state index contributed by atoms with van der Waals surface area (Å²) in [5, 5.41) is 0. The van der Waals surface area contributed by atoms with Gasteiger partial charge >= 0.3 is 0 Å². The molecule has 38 valence electrons. The number of halogens is 1. The molecule has 0 aromatic carbocycles. The molecule has 2 radical (unpaired) electrons. The van der Waals surface area contributed by atoms with Gasteiger partial charge in [0.15, 0.2) is 0 Å². The van der Waals surface area contributed by atoms with E-state index in [1.54, 1.807) is 0 Å². The van der Waals surface area contributed by atoms with Gasteiger partial charge in [-0.3, -0.25) is 4.98 Å². The lowest BCUT2D eigenvalue weighted by molar-refractivity contribution is 0.634. The van der Waals surface area contributed by atoms with Crippen LogP contribution in [-0.4, -0.2) is 12.8 Å². The lowest BCUT2D eigenvalue weighted by Gasteiger charge is -1.89. The second-order valence-corrected chi connectivity index (χ2v) is 1.40. The van der Waals surface area contributed by atoms with Gasteiger partial charge in [0.25, 0.3) is 0 Å². The van der Waals surface area contributed by atoms with Crippen molar-refractivity contribution in [2.75, 3.05) is 0 Å². The highest BCUT2D eigenvalue weighted by Gasteiger charge is 1.89. The molecule has 0 aliphatic rings. The van der Waals surface area contributed by atoms with Crippen LogP contribution in [0.25, 0.3) is 0 Å². The summed E-state index contributed by atoms with van der Waals surface area (Å²) in [5.74, 6) is -0.417. The highest BCUT2D eigenvalue weighted by atomic mass is 19.1.